The molecule has 1 aliphatic rings. The van der Waals surface area contributed by atoms with Crippen LogP contribution in [-0.4, -0.2) is 56.7 Å². The van der Waals surface area contributed by atoms with Crippen molar-refractivity contribution in [2.45, 2.75) is 38.1 Å². The number of guanidine groups is 1. The van der Waals surface area contributed by atoms with Gasteiger partial charge in [0, 0.05) is 27.2 Å². The minimum atomic E-state index is -4.36. The van der Waals surface area contributed by atoms with E-state index in [-0.39, 0.29) is 49.1 Å². The molecule has 1 fully saturated rings. The number of amides is 1. The number of carbonyl (C=O) groups is 1. The normalized spacial score (nSPS) is 17.3. The number of hydrogen-bond acceptors (Lipinski definition) is 3. The molecule has 6 nitrogen and oxygen atoms in total. The Balaban J connectivity index is 0.00000420. The van der Waals surface area contributed by atoms with Gasteiger partial charge in [0.1, 0.15) is 0 Å². The van der Waals surface area contributed by atoms with E-state index in [1.54, 1.807) is 14.1 Å². The first-order valence-electron chi connectivity index (χ1n) is 9.26. The number of halogens is 4. The van der Waals surface area contributed by atoms with Crippen LogP contribution in [0.1, 0.15) is 30.4 Å². The second-order valence-corrected chi connectivity index (χ2v) is 6.87. The van der Waals surface area contributed by atoms with Crippen molar-refractivity contribution in [3.63, 3.8) is 0 Å². The van der Waals surface area contributed by atoms with Gasteiger partial charge in [0.2, 0.25) is 5.91 Å². The van der Waals surface area contributed by atoms with E-state index in [2.05, 4.69) is 15.6 Å². The Labute approximate surface area is 186 Å². The van der Waals surface area contributed by atoms with Crippen LogP contribution in [0.5, 0.6) is 0 Å². The van der Waals surface area contributed by atoms with Gasteiger partial charge in [-0.1, -0.05) is 12.1 Å². The number of nitrogens with one attached hydrogen (secondary N) is 2. The maximum atomic E-state index is 12.7. The third kappa shape index (κ3) is 9.20. The van der Waals surface area contributed by atoms with Crippen molar-refractivity contribution in [3.8, 4) is 0 Å². The van der Waals surface area contributed by atoms with Crippen molar-refractivity contribution < 1.29 is 22.7 Å². The van der Waals surface area contributed by atoms with E-state index in [0.717, 1.165) is 38.0 Å². The van der Waals surface area contributed by atoms with Crippen molar-refractivity contribution in [2.24, 2.45) is 4.99 Å². The lowest BCUT2D eigenvalue weighted by Crippen LogP contribution is -2.45. The van der Waals surface area contributed by atoms with Gasteiger partial charge in [-0.15, -0.1) is 24.0 Å². The van der Waals surface area contributed by atoms with Gasteiger partial charge >= 0.3 is 6.18 Å². The second kappa shape index (κ2) is 12.2. The minimum absolute atomic E-state index is 0. The Morgan fingerprint density at radius 2 is 1.90 bits per heavy atom. The lowest BCUT2D eigenvalue weighted by Gasteiger charge is -2.24. The van der Waals surface area contributed by atoms with Gasteiger partial charge in [-0.2, -0.15) is 13.2 Å². The summed E-state index contributed by atoms with van der Waals surface area (Å²) in [6.45, 7) is 1.54. The molecule has 1 unspecified atom stereocenters. The average Bonchev–Trinajstić information content (AvgIpc) is 2.67. The Hall–Kier alpha value is -1.56. The van der Waals surface area contributed by atoms with Crippen molar-refractivity contribution in [1.29, 1.82) is 0 Å². The van der Waals surface area contributed by atoms with E-state index >= 15 is 0 Å². The molecule has 1 atom stereocenters. The van der Waals surface area contributed by atoms with Crippen molar-refractivity contribution in [2.75, 3.05) is 33.8 Å². The number of likely N-dealkylation sites (N-methyl/N-ethyl adjacent to an activating group) is 1. The molecule has 0 bridgehead atoms. The van der Waals surface area contributed by atoms with E-state index in [1.165, 1.54) is 17.0 Å². The van der Waals surface area contributed by atoms with Gasteiger partial charge in [-0.3, -0.25) is 4.79 Å². The van der Waals surface area contributed by atoms with E-state index in [0.29, 0.717) is 18.1 Å². The lowest BCUT2D eigenvalue weighted by atomic mass is 10.1. The maximum Gasteiger partial charge on any atom is 0.416 e. The number of ether oxygens (including phenoxy) is 1. The van der Waals surface area contributed by atoms with E-state index in [4.69, 9.17) is 4.74 Å². The van der Waals surface area contributed by atoms with Gasteiger partial charge in [-0.25, -0.2) is 4.99 Å². The molecule has 0 radical (unpaired) electrons. The van der Waals surface area contributed by atoms with Crippen LogP contribution in [0.15, 0.2) is 29.3 Å². The number of benzene rings is 1. The first-order chi connectivity index (χ1) is 13.3. The molecule has 0 aromatic heterocycles. The van der Waals surface area contributed by atoms with Crippen molar-refractivity contribution in [1.82, 2.24) is 15.5 Å². The topological polar surface area (TPSA) is 66.0 Å². The summed E-state index contributed by atoms with van der Waals surface area (Å²) >= 11 is 0. The molecule has 29 heavy (non-hydrogen) atoms. The highest BCUT2D eigenvalue weighted by Crippen LogP contribution is 2.29. The van der Waals surface area contributed by atoms with Crippen molar-refractivity contribution >= 4 is 35.8 Å². The van der Waals surface area contributed by atoms with Gasteiger partial charge in [0.05, 0.1) is 24.8 Å². The average molecular weight is 528 g/mol. The number of aliphatic imine (C=N–C) groups is 1. The summed E-state index contributed by atoms with van der Waals surface area (Å²) in [5.74, 6) is 0.308. The predicted octanol–water partition coefficient (Wildman–Crippen LogP) is 3.02. The Bertz CT molecular complexity index is 660. The smallest absolute Gasteiger partial charge is 0.376 e. The zero-order valence-electron chi connectivity index (χ0n) is 16.6. The van der Waals surface area contributed by atoms with Crippen LogP contribution in [-0.2, 0) is 22.3 Å². The number of hydrogen-bond donors (Lipinski definition) is 2. The fourth-order valence-electron chi connectivity index (χ4n) is 2.64. The second-order valence-electron chi connectivity index (χ2n) is 6.87. The zero-order chi connectivity index (χ0) is 20.6. The Kier molecular flexibility index (Phi) is 10.7. The molecule has 1 saturated heterocycles. The van der Waals surface area contributed by atoms with Gasteiger partial charge in [-0.05, 0) is 37.0 Å². The number of alkyl halides is 3. The first kappa shape index (κ1) is 25.5. The largest absolute Gasteiger partial charge is 0.416 e. The Morgan fingerprint density at radius 1 is 1.21 bits per heavy atom. The molecule has 10 heteroatoms. The van der Waals surface area contributed by atoms with Gasteiger partial charge < -0.3 is 20.3 Å². The van der Waals surface area contributed by atoms with E-state index in [1.807, 2.05) is 0 Å². The molecule has 0 spiro atoms. The molecule has 1 aliphatic heterocycles. The fourth-order valence-corrected chi connectivity index (χ4v) is 2.64. The summed E-state index contributed by atoms with van der Waals surface area (Å²) in [4.78, 5) is 17.7. The quantitative estimate of drug-likeness (QED) is 0.339. The zero-order valence-corrected chi connectivity index (χ0v) is 18.9. The molecule has 1 heterocycles. The number of nitrogens with zero attached hydrogens (tertiary/aromatic N) is 2. The Morgan fingerprint density at radius 3 is 2.45 bits per heavy atom. The third-order valence-electron chi connectivity index (χ3n) is 4.38. The van der Waals surface area contributed by atoms with E-state index < -0.39 is 11.7 Å². The first-order valence-corrected chi connectivity index (χ1v) is 9.26. The summed E-state index contributed by atoms with van der Waals surface area (Å²) in [6.07, 6.45) is -1.16. The standard InChI is InChI=1S/C19H27F3N4O2.HI/c1-26(2)17(27)13-25-18(24-12-16-5-3-4-10-28-16)23-11-14-6-8-15(9-7-14)19(20,21)22;/h6-9,16H,3-5,10-13H2,1-2H3,(H2,23,24,25);1H. The van der Waals surface area contributed by atoms with Gasteiger partial charge in [0.15, 0.2) is 5.96 Å². The molecule has 1 amide bonds. The highest BCUT2D eigenvalue weighted by molar-refractivity contribution is 14.0. The van der Waals surface area contributed by atoms with Crippen LogP contribution in [0.4, 0.5) is 13.2 Å². The number of carbonyl (C=O) groups excluding carboxylic acids is 1. The summed E-state index contributed by atoms with van der Waals surface area (Å²) in [5.41, 5.74) is -0.0512. The van der Waals surface area contributed by atoms with Crippen LogP contribution in [0, 0.1) is 0 Å². The highest BCUT2D eigenvalue weighted by atomic mass is 127. The van der Waals surface area contributed by atoms with Gasteiger partial charge in [0.25, 0.3) is 0 Å². The molecular formula is C19H28F3IN4O2. The molecule has 2 rings (SSSR count). The summed E-state index contributed by atoms with van der Waals surface area (Å²) in [7, 11) is 3.32. The number of rotatable bonds is 6. The van der Waals surface area contributed by atoms with Crippen LogP contribution >= 0.6 is 24.0 Å². The van der Waals surface area contributed by atoms with Crippen LogP contribution in [0.25, 0.3) is 0 Å². The molecule has 2 N–H and O–H groups in total. The predicted molar refractivity (Wildman–Crippen MR) is 116 cm³/mol. The van der Waals surface area contributed by atoms with Crippen LogP contribution in [0.2, 0.25) is 0 Å². The molecule has 1 aromatic carbocycles. The fraction of sp³-hybridized carbons (Fsp3) is 0.579. The molecule has 164 valence electrons. The molecular weight excluding hydrogens is 500 g/mol. The lowest BCUT2D eigenvalue weighted by molar-refractivity contribution is -0.137. The van der Waals surface area contributed by atoms with Crippen molar-refractivity contribution in [3.05, 3.63) is 35.4 Å². The van der Waals surface area contributed by atoms with Crippen LogP contribution < -0.4 is 10.6 Å². The highest BCUT2D eigenvalue weighted by Gasteiger charge is 2.29. The molecule has 0 saturated carbocycles. The minimum Gasteiger partial charge on any atom is -0.376 e. The summed E-state index contributed by atoms with van der Waals surface area (Å²) in [6, 6.07) is 4.88. The van der Waals surface area contributed by atoms with Crippen LogP contribution in [0.3, 0.4) is 0 Å². The summed E-state index contributed by atoms with van der Waals surface area (Å²) < 4.78 is 43.6. The monoisotopic (exact) mass is 528 g/mol. The summed E-state index contributed by atoms with van der Waals surface area (Å²) in [5, 5.41) is 6.11. The SMILES string of the molecule is CN(C)C(=O)CNC(=NCc1ccc(C(F)(F)F)cc1)NCC1CCCCO1.I. The molecule has 0 aliphatic carbocycles. The third-order valence-corrected chi connectivity index (χ3v) is 4.38. The molecule has 1 aromatic rings. The van der Waals surface area contributed by atoms with E-state index in [9.17, 15) is 18.0 Å². The maximum absolute atomic E-state index is 12.7.